The zero-order chi connectivity index (χ0) is 31.3. The standard InChI is InChI=1S/C36H34F2N2O4/c1-20-18-40-19-28(24-9-6-8-23(16-24)22-11-13-25(37)14-12-22)39-35(40)31(27(20)17-29(41)42)30-21(2)26-10-7-15-43-33(26)32(38)34(30)44-36(3,4)5/h6,8-9,11-14,16,18-19H,7,10,15,17H2,1-5H3,(H,41,42). The summed E-state index contributed by atoms with van der Waals surface area (Å²) < 4.78 is 43.9. The second-order valence-corrected chi connectivity index (χ2v) is 12.3. The Morgan fingerprint density at radius 2 is 1.75 bits per heavy atom. The summed E-state index contributed by atoms with van der Waals surface area (Å²) in [6.45, 7) is 9.72. The van der Waals surface area contributed by atoms with Crippen molar-refractivity contribution in [2.75, 3.05) is 6.61 Å². The lowest BCUT2D eigenvalue weighted by Gasteiger charge is -2.29. The normalized spacial score (nSPS) is 13.1. The van der Waals surface area contributed by atoms with Gasteiger partial charge >= 0.3 is 5.97 Å². The molecule has 0 aliphatic carbocycles. The van der Waals surface area contributed by atoms with Crippen molar-refractivity contribution in [1.29, 1.82) is 0 Å². The average molecular weight is 597 g/mol. The fraction of sp³-hybridized carbons (Fsp3) is 0.278. The zero-order valence-electron chi connectivity index (χ0n) is 25.4. The van der Waals surface area contributed by atoms with Gasteiger partial charge in [0.25, 0.3) is 0 Å². The summed E-state index contributed by atoms with van der Waals surface area (Å²) in [6, 6.07) is 14.1. The van der Waals surface area contributed by atoms with Crippen molar-refractivity contribution >= 4 is 11.6 Å². The van der Waals surface area contributed by atoms with E-state index in [-0.39, 0.29) is 23.7 Å². The number of nitrogens with zero attached hydrogens (tertiary/aromatic N) is 2. The number of hydrogen-bond donors (Lipinski definition) is 1. The van der Waals surface area contributed by atoms with E-state index in [0.29, 0.717) is 41.1 Å². The summed E-state index contributed by atoms with van der Waals surface area (Å²) in [5, 5.41) is 9.97. The molecule has 3 heterocycles. The van der Waals surface area contributed by atoms with Crippen molar-refractivity contribution in [3.8, 4) is 45.0 Å². The van der Waals surface area contributed by atoms with Crippen LogP contribution in [0.3, 0.4) is 0 Å². The molecule has 1 aliphatic rings. The molecule has 6 nitrogen and oxygen atoms in total. The monoisotopic (exact) mass is 596 g/mol. The minimum absolute atomic E-state index is 0.0256. The van der Waals surface area contributed by atoms with Gasteiger partial charge < -0.3 is 19.0 Å². The molecule has 0 bridgehead atoms. The van der Waals surface area contributed by atoms with Gasteiger partial charge in [0.05, 0.1) is 18.7 Å². The van der Waals surface area contributed by atoms with Gasteiger partial charge in [-0.2, -0.15) is 4.39 Å². The average Bonchev–Trinajstić information content (AvgIpc) is 3.40. The molecule has 1 aliphatic heterocycles. The number of aryl methyl sites for hydroxylation is 1. The lowest BCUT2D eigenvalue weighted by Crippen LogP contribution is -2.25. The number of carboxylic acids is 1. The summed E-state index contributed by atoms with van der Waals surface area (Å²) in [4.78, 5) is 17.2. The van der Waals surface area contributed by atoms with Crippen LogP contribution in [-0.2, 0) is 17.6 Å². The molecule has 0 unspecified atom stereocenters. The fourth-order valence-electron chi connectivity index (χ4n) is 5.99. The number of halogens is 2. The maximum Gasteiger partial charge on any atom is 0.307 e. The number of aromatic nitrogens is 2. The molecule has 0 saturated heterocycles. The summed E-state index contributed by atoms with van der Waals surface area (Å²) in [6.07, 6.45) is 4.85. The Labute approximate surface area is 254 Å². The molecular formula is C36H34F2N2O4. The van der Waals surface area contributed by atoms with E-state index in [9.17, 15) is 14.3 Å². The molecule has 2 aromatic heterocycles. The topological polar surface area (TPSA) is 73.1 Å². The molecule has 6 rings (SSSR count). The highest BCUT2D eigenvalue weighted by molar-refractivity contribution is 5.92. The summed E-state index contributed by atoms with van der Waals surface area (Å²) >= 11 is 0. The molecule has 3 aromatic carbocycles. The van der Waals surface area contributed by atoms with Crippen LogP contribution < -0.4 is 9.47 Å². The molecule has 1 N–H and O–H groups in total. The van der Waals surface area contributed by atoms with Gasteiger partial charge in [-0.15, -0.1) is 0 Å². The Kier molecular flexibility index (Phi) is 7.40. The number of benzene rings is 3. The molecule has 44 heavy (non-hydrogen) atoms. The highest BCUT2D eigenvalue weighted by Crippen LogP contribution is 2.48. The van der Waals surface area contributed by atoms with Crippen LogP contribution in [0, 0.1) is 25.5 Å². The first-order valence-electron chi connectivity index (χ1n) is 14.7. The van der Waals surface area contributed by atoms with Crippen LogP contribution >= 0.6 is 0 Å². The van der Waals surface area contributed by atoms with Crippen LogP contribution in [0.25, 0.3) is 39.2 Å². The highest BCUT2D eigenvalue weighted by atomic mass is 19.1. The van der Waals surface area contributed by atoms with Crippen molar-refractivity contribution in [3.05, 3.63) is 94.8 Å². The summed E-state index contributed by atoms with van der Waals surface area (Å²) in [7, 11) is 0. The lowest BCUT2D eigenvalue weighted by atomic mass is 9.87. The number of ether oxygens (including phenoxy) is 2. The van der Waals surface area contributed by atoms with Crippen LogP contribution in [0.1, 0.15) is 49.4 Å². The molecule has 0 radical (unpaired) electrons. The van der Waals surface area contributed by atoms with Gasteiger partial charge in [-0.25, -0.2) is 9.37 Å². The van der Waals surface area contributed by atoms with Crippen LogP contribution in [0.5, 0.6) is 11.5 Å². The smallest absolute Gasteiger partial charge is 0.307 e. The Balaban J connectivity index is 1.64. The number of aliphatic carboxylic acids is 1. The van der Waals surface area contributed by atoms with Crippen molar-refractivity contribution in [3.63, 3.8) is 0 Å². The molecule has 0 amide bonds. The van der Waals surface area contributed by atoms with E-state index in [2.05, 4.69) is 0 Å². The quantitative estimate of drug-likeness (QED) is 0.213. The maximum absolute atomic E-state index is 16.4. The molecule has 0 atom stereocenters. The molecule has 0 spiro atoms. The van der Waals surface area contributed by atoms with E-state index in [0.717, 1.165) is 39.8 Å². The van der Waals surface area contributed by atoms with Crippen molar-refractivity contribution < 1.29 is 28.2 Å². The van der Waals surface area contributed by atoms with Gasteiger partial charge in [-0.1, -0.05) is 30.3 Å². The number of pyridine rings is 1. The maximum atomic E-state index is 16.4. The molecule has 226 valence electrons. The largest absolute Gasteiger partial charge is 0.490 e. The summed E-state index contributed by atoms with van der Waals surface area (Å²) in [5.41, 5.74) is 6.81. The van der Waals surface area contributed by atoms with Crippen molar-refractivity contribution in [1.82, 2.24) is 9.38 Å². The van der Waals surface area contributed by atoms with Crippen LogP contribution in [0.4, 0.5) is 8.78 Å². The lowest BCUT2D eigenvalue weighted by molar-refractivity contribution is -0.136. The van der Waals surface area contributed by atoms with Gasteiger partial charge in [0, 0.05) is 34.6 Å². The second-order valence-electron chi connectivity index (χ2n) is 12.3. The predicted octanol–water partition coefficient (Wildman–Crippen LogP) is 8.36. The third kappa shape index (κ3) is 5.41. The SMILES string of the molecule is Cc1cn2cc(-c3cccc(-c4ccc(F)cc4)c3)nc2c(-c2c(C)c3c(c(F)c2OC(C)(C)C)OCCC3)c1CC(=O)O. The van der Waals surface area contributed by atoms with Crippen LogP contribution in [0.15, 0.2) is 60.9 Å². The Morgan fingerprint density at radius 3 is 2.45 bits per heavy atom. The number of fused-ring (bicyclic) bond motifs is 2. The Morgan fingerprint density at radius 1 is 1.02 bits per heavy atom. The van der Waals surface area contributed by atoms with Gasteiger partial charge in [0.1, 0.15) is 17.1 Å². The Bertz CT molecular complexity index is 1920. The first-order chi connectivity index (χ1) is 20.9. The Hall–Kier alpha value is -4.72. The number of imidazole rings is 1. The van der Waals surface area contributed by atoms with Gasteiger partial charge in [-0.3, -0.25) is 4.79 Å². The summed E-state index contributed by atoms with van der Waals surface area (Å²) in [5.74, 6) is -1.68. The van der Waals surface area contributed by atoms with Crippen LogP contribution in [-0.4, -0.2) is 32.7 Å². The molecule has 0 fully saturated rings. The fourth-order valence-corrected chi connectivity index (χ4v) is 5.99. The van der Waals surface area contributed by atoms with Gasteiger partial charge in [0.15, 0.2) is 11.5 Å². The number of carboxylic acid groups (broad SMARTS) is 1. The van der Waals surface area contributed by atoms with Gasteiger partial charge in [-0.05, 0) is 93.5 Å². The number of carbonyl (C=O) groups is 1. The first kappa shape index (κ1) is 29.4. The number of rotatable bonds is 6. The molecular weight excluding hydrogens is 562 g/mol. The van der Waals surface area contributed by atoms with E-state index in [4.69, 9.17) is 14.5 Å². The molecule has 0 saturated carbocycles. The van der Waals surface area contributed by atoms with E-state index < -0.39 is 17.4 Å². The van der Waals surface area contributed by atoms with E-state index in [1.165, 1.54) is 12.1 Å². The van der Waals surface area contributed by atoms with E-state index >= 15 is 4.39 Å². The zero-order valence-corrected chi connectivity index (χ0v) is 25.4. The highest BCUT2D eigenvalue weighted by Gasteiger charge is 2.32. The van der Waals surface area contributed by atoms with E-state index in [1.807, 2.05) is 75.7 Å². The minimum atomic E-state index is -1.00. The molecule has 5 aromatic rings. The first-order valence-corrected chi connectivity index (χ1v) is 14.7. The van der Waals surface area contributed by atoms with E-state index in [1.54, 1.807) is 12.1 Å². The van der Waals surface area contributed by atoms with Crippen LogP contribution in [0.2, 0.25) is 0 Å². The van der Waals surface area contributed by atoms with Crippen molar-refractivity contribution in [2.45, 2.75) is 59.5 Å². The van der Waals surface area contributed by atoms with Gasteiger partial charge in [0.2, 0.25) is 5.82 Å². The number of hydrogen-bond acceptors (Lipinski definition) is 4. The third-order valence-corrected chi connectivity index (χ3v) is 7.93. The predicted molar refractivity (Wildman–Crippen MR) is 166 cm³/mol. The van der Waals surface area contributed by atoms with Crippen molar-refractivity contribution in [2.24, 2.45) is 0 Å². The second kappa shape index (κ2) is 11.1. The minimum Gasteiger partial charge on any atom is -0.490 e. The third-order valence-electron chi connectivity index (χ3n) is 7.93. The molecule has 8 heteroatoms.